The predicted octanol–water partition coefficient (Wildman–Crippen LogP) is 4.14. The summed E-state index contributed by atoms with van der Waals surface area (Å²) in [5.74, 6) is 0. The standard InChI is InChI=1S/C15H29N3/c1-5-7-8-9-10-11-13(3)16-15-12-18(4)17-14(15)6-2/h12-13,16H,5-11H2,1-4H3. The van der Waals surface area contributed by atoms with Gasteiger partial charge in [-0.25, -0.2) is 0 Å². The van der Waals surface area contributed by atoms with Gasteiger partial charge in [-0.1, -0.05) is 46.0 Å². The Morgan fingerprint density at radius 1 is 1.22 bits per heavy atom. The zero-order valence-electron chi connectivity index (χ0n) is 12.5. The van der Waals surface area contributed by atoms with Crippen LogP contribution < -0.4 is 5.32 Å². The van der Waals surface area contributed by atoms with Crippen LogP contribution in [0, 0.1) is 0 Å². The molecule has 1 aromatic rings. The lowest BCUT2D eigenvalue weighted by atomic mass is 10.1. The van der Waals surface area contributed by atoms with Crippen molar-refractivity contribution in [2.75, 3.05) is 5.32 Å². The molecule has 1 aromatic heterocycles. The van der Waals surface area contributed by atoms with Crippen molar-refractivity contribution in [3.8, 4) is 0 Å². The summed E-state index contributed by atoms with van der Waals surface area (Å²) in [7, 11) is 1.99. The topological polar surface area (TPSA) is 29.9 Å². The van der Waals surface area contributed by atoms with Gasteiger partial charge in [0.1, 0.15) is 0 Å². The lowest BCUT2D eigenvalue weighted by Crippen LogP contribution is -2.15. The maximum absolute atomic E-state index is 4.46. The van der Waals surface area contributed by atoms with Crippen LogP contribution in [0.15, 0.2) is 6.20 Å². The molecule has 1 rings (SSSR count). The molecular weight excluding hydrogens is 222 g/mol. The van der Waals surface area contributed by atoms with E-state index in [-0.39, 0.29) is 0 Å². The molecule has 0 fully saturated rings. The zero-order valence-corrected chi connectivity index (χ0v) is 12.5. The molecule has 0 spiro atoms. The van der Waals surface area contributed by atoms with Gasteiger partial charge in [-0.2, -0.15) is 5.10 Å². The summed E-state index contributed by atoms with van der Waals surface area (Å²) < 4.78 is 1.90. The van der Waals surface area contributed by atoms with E-state index in [0.717, 1.165) is 6.42 Å². The maximum atomic E-state index is 4.46. The molecule has 104 valence electrons. The molecule has 1 atom stereocenters. The Morgan fingerprint density at radius 3 is 2.61 bits per heavy atom. The quantitative estimate of drug-likeness (QED) is 0.668. The van der Waals surface area contributed by atoms with Gasteiger partial charge in [-0.15, -0.1) is 0 Å². The van der Waals surface area contributed by atoms with Gasteiger partial charge in [0.05, 0.1) is 11.4 Å². The van der Waals surface area contributed by atoms with Crippen molar-refractivity contribution in [3.63, 3.8) is 0 Å². The van der Waals surface area contributed by atoms with Crippen molar-refractivity contribution < 1.29 is 0 Å². The van der Waals surface area contributed by atoms with Gasteiger partial charge in [0.15, 0.2) is 0 Å². The zero-order chi connectivity index (χ0) is 13.4. The molecule has 1 N–H and O–H groups in total. The first kappa shape index (κ1) is 15.1. The molecule has 3 nitrogen and oxygen atoms in total. The third-order valence-electron chi connectivity index (χ3n) is 3.38. The normalized spacial score (nSPS) is 12.7. The third kappa shape index (κ3) is 5.11. The van der Waals surface area contributed by atoms with Gasteiger partial charge in [-0.3, -0.25) is 4.68 Å². The van der Waals surface area contributed by atoms with Crippen molar-refractivity contribution in [2.45, 2.75) is 71.8 Å². The smallest absolute Gasteiger partial charge is 0.0853 e. The number of anilines is 1. The van der Waals surface area contributed by atoms with E-state index in [1.54, 1.807) is 0 Å². The molecule has 0 radical (unpaired) electrons. The summed E-state index contributed by atoms with van der Waals surface area (Å²) in [5, 5.41) is 8.05. The van der Waals surface area contributed by atoms with Crippen molar-refractivity contribution in [1.29, 1.82) is 0 Å². The summed E-state index contributed by atoms with van der Waals surface area (Å²) in [5.41, 5.74) is 2.39. The number of aryl methyl sites for hydroxylation is 2. The monoisotopic (exact) mass is 251 g/mol. The van der Waals surface area contributed by atoms with Gasteiger partial charge in [0.25, 0.3) is 0 Å². The van der Waals surface area contributed by atoms with Crippen LogP contribution in [0.3, 0.4) is 0 Å². The average molecular weight is 251 g/mol. The van der Waals surface area contributed by atoms with E-state index >= 15 is 0 Å². The lowest BCUT2D eigenvalue weighted by molar-refractivity contribution is 0.578. The molecule has 0 bridgehead atoms. The molecule has 0 saturated carbocycles. The number of unbranched alkanes of at least 4 members (excludes halogenated alkanes) is 4. The van der Waals surface area contributed by atoms with E-state index in [9.17, 15) is 0 Å². The Morgan fingerprint density at radius 2 is 1.94 bits per heavy atom. The largest absolute Gasteiger partial charge is 0.380 e. The van der Waals surface area contributed by atoms with E-state index in [2.05, 4.69) is 37.4 Å². The second-order valence-corrected chi connectivity index (χ2v) is 5.26. The Hall–Kier alpha value is -0.990. The van der Waals surface area contributed by atoms with Crippen molar-refractivity contribution in [3.05, 3.63) is 11.9 Å². The highest BCUT2D eigenvalue weighted by molar-refractivity contribution is 5.46. The van der Waals surface area contributed by atoms with Crippen LogP contribution in [0.5, 0.6) is 0 Å². The molecule has 0 aromatic carbocycles. The van der Waals surface area contributed by atoms with E-state index < -0.39 is 0 Å². The Kier molecular flexibility index (Phi) is 6.84. The van der Waals surface area contributed by atoms with Crippen LogP contribution in [-0.4, -0.2) is 15.8 Å². The Labute approximate surface area is 112 Å². The summed E-state index contributed by atoms with van der Waals surface area (Å²) >= 11 is 0. The fourth-order valence-electron chi connectivity index (χ4n) is 2.31. The van der Waals surface area contributed by atoms with Gasteiger partial charge < -0.3 is 5.32 Å². The fraction of sp³-hybridized carbons (Fsp3) is 0.800. The summed E-state index contributed by atoms with van der Waals surface area (Å²) in [6, 6.07) is 0.543. The predicted molar refractivity (Wildman–Crippen MR) is 79.0 cm³/mol. The van der Waals surface area contributed by atoms with Crippen LogP contribution in [0.2, 0.25) is 0 Å². The fourth-order valence-corrected chi connectivity index (χ4v) is 2.31. The number of nitrogens with zero attached hydrogens (tertiary/aromatic N) is 2. The molecule has 1 heterocycles. The molecule has 1 unspecified atom stereocenters. The Bertz CT molecular complexity index is 330. The number of aromatic nitrogens is 2. The SMILES string of the molecule is CCCCCCCC(C)Nc1cn(C)nc1CC. The van der Waals surface area contributed by atoms with Crippen LogP contribution in [-0.2, 0) is 13.5 Å². The Balaban J connectivity index is 2.28. The number of hydrogen-bond donors (Lipinski definition) is 1. The van der Waals surface area contributed by atoms with E-state index in [1.807, 2.05) is 11.7 Å². The van der Waals surface area contributed by atoms with Crippen LogP contribution >= 0.6 is 0 Å². The summed E-state index contributed by atoms with van der Waals surface area (Å²) in [4.78, 5) is 0. The average Bonchev–Trinajstić information content (AvgIpc) is 2.69. The van der Waals surface area contributed by atoms with Gasteiger partial charge >= 0.3 is 0 Å². The second-order valence-electron chi connectivity index (χ2n) is 5.26. The van der Waals surface area contributed by atoms with E-state index in [4.69, 9.17) is 0 Å². The highest BCUT2D eigenvalue weighted by Gasteiger charge is 2.08. The molecule has 0 amide bonds. The third-order valence-corrected chi connectivity index (χ3v) is 3.38. The minimum atomic E-state index is 0.543. The summed E-state index contributed by atoms with van der Waals surface area (Å²) in [6.45, 7) is 6.69. The van der Waals surface area contributed by atoms with E-state index in [1.165, 1.54) is 49.9 Å². The van der Waals surface area contributed by atoms with Crippen LogP contribution in [0.4, 0.5) is 5.69 Å². The number of hydrogen-bond acceptors (Lipinski definition) is 2. The molecule has 3 heteroatoms. The first-order valence-corrected chi connectivity index (χ1v) is 7.46. The minimum Gasteiger partial charge on any atom is -0.380 e. The van der Waals surface area contributed by atoms with Crippen molar-refractivity contribution in [2.24, 2.45) is 7.05 Å². The molecule has 0 aliphatic rings. The van der Waals surface area contributed by atoms with Crippen molar-refractivity contribution >= 4 is 5.69 Å². The minimum absolute atomic E-state index is 0.543. The van der Waals surface area contributed by atoms with Crippen LogP contribution in [0.1, 0.15) is 65.0 Å². The molecular formula is C15H29N3. The molecule has 0 aliphatic carbocycles. The highest BCUT2D eigenvalue weighted by Crippen LogP contribution is 2.17. The van der Waals surface area contributed by atoms with Gasteiger partial charge in [-0.05, 0) is 19.8 Å². The van der Waals surface area contributed by atoms with Gasteiger partial charge in [0, 0.05) is 19.3 Å². The first-order valence-electron chi connectivity index (χ1n) is 7.46. The van der Waals surface area contributed by atoms with Crippen LogP contribution in [0.25, 0.3) is 0 Å². The second kappa shape index (κ2) is 8.17. The highest BCUT2D eigenvalue weighted by atomic mass is 15.3. The van der Waals surface area contributed by atoms with Crippen molar-refractivity contribution in [1.82, 2.24) is 9.78 Å². The maximum Gasteiger partial charge on any atom is 0.0853 e. The summed E-state index contributed by atoms with van der Waals surface area (Å²) in [6.07, 6.45) is 11.1. The molecule has 0 saturated heterocycles. The van der Waals surface area contributed by atoms with Gasteiger partial charge in [0.2, 0.25) is 0 Å². The number of rotatable bonds is 9. The molecule has 18 heavy (non-hydrogen) atoms. The van der Waals surface area contributed by atoms with E-state index in [0.29, 0.717) is 6.04 Å². The first-order chi connectivity index (χ1) is 8.67. The number of nitrogens with one attached hydrogen (secondary N) is 1. The lowest BCUT2D eigenvalue weighted by Gasteiger charge is -2.14. The molecule has 0 aliphatic heterocycles.